The van der Waals surface area contributed by atoms with Crippen LogP contribution >= 0.6 is 0 Å². The van der Waals surface area contributed by atoms with E-state index in [2.05, 4.69) is 23.8 Å². The molecule has 2 rings (SSSR count). The summed E-state index contributed by atoms with van der Waals surface area (Å²) in [6.07, 6.45) is 6.71. The quantitative estimate of drug-likeness (QED) is 0.742. The molecule has 0 bridgehead atoms. The van der Waals surface area contributed by atoms with E-state index in [0.29, 0.717) is 12.1 Å². The van der Waals surface area contributed by atoms with Gasteiger partial charge in [0.25, 0.3) is 0 Å². The van der Waals surface area contributed by atoms with E-state index in [9.17, 15) is 0 Å². The maximum atomic E-state index is 6.33. The minimum Gasteiger partial charge on any atom is -0.327 e. The van der Waals surface area contributed by atoms with Crippen LogP contribution in [0.15, 0.2) is 0 Å². The smallest absolute Gasteiger partial charge is 0.0195 e. The van der Waals surface area contributed by atoms with E-state index in [1.54, 1.807) is 0 Å². The second-order valence-corrected chi connectivity index (χ2v) is 6.17. The second kappa shape index (κ2) is 6.17. The first-order valence-electron chi connectivity index (χ1n) is 7.35. The first kappa shape index (κ1) is 13.3. The molecule has 0 radical (unpaired) electrons. The van der Waals surface area contributed by atoms with Crippen LogP contribution in [-0.2, 0) is 0 Å². The van der Waals surface area contributed by atoms with Gasteiger partial charge < -0.3 is 10.6 Å². The van der Waals surface area contributed by atoms with Crippen LogP contribution in [0.3, 0.4) is 0 Å². The van der Waals surface area contributed by atoms with Crippen molar-refractivity contribution in [2.75, 3.05) is 33.2 Å². The molecule has 17 heavy (non-hydrogen) atoms. The molecule has 100 valence electrons. The zero-order valence-electron chi connectivity index (χ0n) is 11.6. The SMILES string of the molecule is CC1CN(C)CCN1CC1CCCCCC1N. The molecule has 0 spiro atoms. The molecule has 0 aromatic rings. The third kappa shape index (κ3) is 3.67. The van der Waals surface area contributed by atoms with Gasteiger partial charge in [0.2, 0.25) is 0 Å². The Morgan fingerprint density at radius 2 is 1.88 bits per heavy atom. The van der Waals surface area contributed by atoms with Crippen molar-refractivity contribution < 1.29 is 0 Å². The van der Waals surface area contributed by atoms with Gasteiger partial charge in [-0.3, -0.25) is 4.90 Å². The summed E-state index contributed by atoms with van der Waals surface area (Å²) in [5.74, 6) is 0.739. The first-order valence-corrected chi connectivity index (χ1v) is 7.35. The lowest BCUT2D eigenvalue weighted by Crippen LogP contribution is -2.53. The topological polar surface area (TPSA) is 32.5 Å². The number of hydrogen-bond acceptors (Lipinski definition) is 3. The summed E-state index contributed by atoms with van der Waals surface area (Å²) in [7, 11) is 2.23. The minimum absolute atomic E-state index is 0.448. The maximum absolute atomic E-state index is 6.33. The average molecular weight is 239 g/mol. The summed E-state index contributed by atoms with van der Waals surface area (Å²) in [6, 6.07) is 1.15. The van der Waals surface area contributed by atoms with Crippen LogP contribution in [0.5, 0.6) is 0 Å². The normalized spacial score (nSPS) is 37.9. The lowest BCUT2D eigenvalue weighted by atomic mass is 9.94. The van der Waals surface area contributed by atoms with Crippen LogP contribution in [0.4, 0.5) is 0 Å². The summed E-state index contributed by atoms with van der Waals surface area (Å²) >= 11 is 0. The Bertz CT molecular complexity index is 232. The Morgan fingerprint density at radius 3 is 2.65 bits per heavy atom. The van der Waals surface area contributed by atoms with Crippen LogP contribution in [0.2, 0.25) is 0 Å². The average Bonchev–Trinajstić information content (AvgIpc) is 2.48. The van der Waals surface area contributed by atoms with Gasteiger partial charge in [0.1, 0.15) is 0 Å². The van der Waals surface area contributed by atoms with Gasteiger partial charge in [-0.1, -0.05) is 19.3 Å². The molecule has 1 aliphatic carbocycles. The van der Waals surface area contributed by atoms with Gasteiger partial charge in [-0.05, 0) is 32.7 Å². The van der Waals surface area contributed by atoms with E-state index >= 15 is 0 Å². The fourth-order valence-corrected chi connectivity index (χ4v) is 3.39. The van der Waals surface area contributed by atoms with Crippen molar-refractivity contribution in [1.29, 1.82) is 0 Å². The van der Waals surface area contributed by atoms with E-state index < -0.39 is 0 Å². The molecule has 2 fully saturated rings. The van der Waals surface area contributed by atoms with Gasteiger partial charge in [0.15, 0.2) is 0 Å². The Balaban J connectivity index is 1.86. The maximum Gasteiger partial charge on any atom is 0.0195 e. The Morgan fingerprint density at radius 1 is 1.12 bits per heavy atom. The largest absolute Gasteiger partial charge is 0.327 e. The predicted octanol–water partition coefficient (Wildman–Crippen LogP) is 1.53. The predicted molar refractivity (Wildman–Crippen MR) is 73.1 cm³/mol. The summed E-state index contributed by atoms with van der Waals surface area (Å²) in [4.78, 5) is 5.10. The number of hydrogen-bond donors (Lipinski definition) is 1. The number of nitrogens with two attached hydrogens (primary N) is 1. The molecule has 3 heteroatoms. The Kier molecular flexibility index (Phi) is 4.83. The molecule has 3 atom stereocenters. The van der Waals surface area contributed by atoms with Crippen LogP contribution in [0, 0.1) is 5.92 Å². The lowest BCUT2D eigenvalue weighted by Gasteiger charge is -2.40. The number of likely N-dealkylation sites (N-methyl/N-ethyl adjacent to an activating group) is 1. The zero-order valence-corrected chi connectivity index (χ0v) is 11.6. The molecular weight excluding hydrogens is 210 g/mol. The van der Waals surface area contributed by atoms with Crippen molar-refractivity contribution in [3.63, 3.8) is 0 Å². The van der Waals surface area contributed by atoms with E-state index in [4.69, 9.17) is 5.73 Å². The highest BCUT2D eigenvalue weighted by Crippen LogP contribution is 2.24. The highest BCUT2D eigenvalue weighted by Gasteiger charge is 2.27. The minimum atomic E-state index is 0.448. The van der Waals surface area contributed by atoms with Crippen LogP contribution in [-0.4, -0.2) is 55.1 Å². The van der Waals surface area contributed by atoms with Crippen molar-refractivity contribution >= 4 is 0 Å². The van der Waals surface area contributed by atoms with E-state index in [-0.39, 0.29) is 0 Å². The molecule has 1 heterocycles. The van der Waals surface area contributed by atoms with Gasteiger partial charge in [0, 0.05) is 38.3 Å². The molecule has 0 amide bonds. The lowest BCUT2D eigenvalue weighted by molar-refractivity contribution is 0.0790. The van der Waals surface area contributed by atoms with Crippen molar-refractivity contribution in [2.45, 2.75) is 51.1 Å². The fraction of sp³-hybridized carbons (Fsp3) is 1.00. The van der Waals surface area contributed by atoms with Crippen molar-refractivity contribution in [3.8, 4) is 0 Å². The highest BCUT2D eigenvalue weighted by atomic mass is 15.3. The third-order valence-corrected chi connectivity index (χ3v) is 4.66. The van der Waals surface area contributed by atoms with Gasteiger partial charge in [-0.2, -0.15) is 0 Å². The van der Waals surface area contributed by atoms with E-state index in [1.165, 1.54) is 58.3 Å². The molecule has 2 aliphatic rings. The van der Waals surface area contributed by atoms with Gasteiger partial charge in [-0.25, -0.2) is 0 Å². The van der Waals surface area contributed by atoms with Gasteiger partial charge in [-0.15, -0.1) is 0 Å². The standard InChI is InChI=1S/C14H29N3/c1-12-10-16(2)8-9-17(12)11-13-6-4-3-5-7-14(13)15/h12-14H,3-11,15H2,1-2H3. The number of rotatable bonds is 2. The number of nitrogens with zero attached hydrogens (tertiary/aromatic N) is 2. The fourth-order valence-electron chi connectivity index (χ4n) is 3.39. The molecule has 0 aromatic heterocycles. The summed E-state index contributed by atoms with van der Waals surface area (Å²) in [5, 5.41) is 0. The molecule has 3 nitrogen and oxygen atoms in total. The second-order valence-electron chi connectivity index (χ2n) is 6.17. The molecular formula is C14H29N3. The third-order valence-electron chi connectivity index (χ3n) is 4.66. The van der Waals surface area contributed by atoms with Gasteiger partial charge in [0.05, 0.1) is 0 Å². The monoisotopic (exact) mass is 239 g/mol. The molecule has 3 unspecified atom stereocenters. The molecule has 2 N–H and O–H groups in total. The molecule has 0 aromatic carbocycles. The van der Waals surface area contributed by atoms with Crippen LogP contribution < -0.4 is 5.73 Å². The van der Waals surface area contributed by atoms with Crippen molar-refractivity contribution in [1.82, 2.24) is 9.80 Å². The van der Waals surface area contributed by atoms with Crippen molar-refractivity contribution in [3.05, 3.63) is 0 Å². The van der Waals surface area contributed by atoms with Crippen LogP contribution in [0.25, 0.3) is 0 Å². The van der Waals surface area contributed by atoms with E-state index in [1.807, 2.05) is 0 Å². The Labute approximate surface area is 106 Å². The van der Waals surface area contributed by atoms with Gasteiger partial charge >= 0.3 is 0 Å². The highest BCUT2D eigenvalue weighted by molar-refractivity contribution is 4.84. The Hall–Kier alpha value is -0.120. The van der Waals surface area contributed by atoms with E-state index in [0.717, 1.165) is 5.92 Å². The zero-order chi connectivity index (χ0) is 12.3. The first-order chi connectivity index (χ1) is 8.16. The summed E-state index contributed by atoms with van der Waals surface area (Å²) < 4.78 is 0. The van der Waals surface area contributed by atoms with Crippen molar-refractivity contribution in [2.24, 2.45) is 11.7 Å². The molecule has 1 saturated carbocycles. The summed E-state index contributed by atoms with van der Waals surface area (Å²) in [5.41, 5.74) is 6.33. The summed E-state index contributed by atoms with van der Waals surface area (Å²) in [6.45, 7) is 7.24. The molecule has 1 saturated heterocycles. The molecule has 1 aliphatic heterocycles. The van der Waals surface area contributed by atoms with Crippen LogP contribution in [0.1, 0.15) is 39.0 Å². The number of piperazine rings is 1.